The first-order valence-electron chi connectivity index (χ1n) is 6.00. The van der Waals surface area contributed by atoms with E-state index >= 15 is 0 Å². The van der Waals surface area contributed by atoms with Gasteiger partial charge >= 0.3 is 12.0 Å². The van der Waals surface area contributed by atoms with Gasteiger partial charge in [-0.3, -0.25) is 4.79 Å². The average molecular weight is 272 g/mol. The van der Waals surface area contributed by atoms with E-state index in [-0.39, 0.29) is 11.9 Å². The van der Waals surface area contributed by atoms with Gasteiger partial charge in [-0.1, -0.05) is 13.0 Å². The minimum atomic E-state index is -0.820. The Hall–Kier alpha value is -1.17. The van der Waals surface area contributed by atoms with Gasteiger partial charge in [0.25, 0.3) is 0 Å². The molecule has 0 aromatic rings. The Morgan fingerprint density at radius 1 is 1.56 bits per heavy atom. The lowest BCUT2D eigenvalue weighted by Crippen LogP contribution is -2.40. The van der Waals surface area contributed by atoms with Crippen LogP contribution < -0.4 is 5.32 Å². The molecule has 1 fully saturated rings. The van der Waals surface area contributed by atoms with Crippen LogP contribution in [-0.4, -0.2) is 53.1 Å². The van der Waals surface area contributed by atoms with E-state index in [2.05, 4.69) is 11.9 Å². The number of hydrogen-bond donors (Lipinski definition) is 2. The first-order chi connectivity index (χ1) is 8.56. The zero-order valence-electron chi connectivity index (χ0n) is 10.6. The SMILES string of the molecule is C=CCSCCNC(=O)N1C[C@@H](C)[C@H](C(=O)O)C1. The van der Waals surface area contributed by atoms with Gasteiger partial charge in [0.1, 0.15) is 0 Å². The first-order valence-corrected chi connectivity index (χ1v) is 7.16. The molecule has 0 spiro atoms. The third kappa shape index (κ3) is 4.25. The van der Waals surface area contributed by atoms with E-state index in [4.69, 9.17) is 5.11 Å². The topological polar surface area (TPSA) is 69.6 Å². The van der Waals surface area contributed by atoms with Crippen molar-refractivity contribution >= 4 is 23.8 Å². The molecule has 0 aromatic heterocycles. The highest BCUT2D eigenvalue weighted by molar-refractivity contribution is 7.99. The molecule has 0 aliphatic carbocycles. The van der Waals surface area contributed by atoms with Crippen LogP contribution in [0, 0.1) is 11.8 Å². The third-order valence-electron chi connectivity index (χ3n) is 2.98. The summed E-state index contributed by atoms with van der Waals surface area (Å²) in [5.41, 5.74) is 0. The summed E-state index contributed by atoms with van der Waals surface area (Å²) in [5.74, 6) is 0.468. The molecule has 0 unspecified atom stereocenters. The van der Waals surface area contributed by atoms with Crippen molar-refractivity contribution in [2.24, 2.45) is 11.8 Å². The van der Waals surface area contributed by atoms with Crippen LogP contribution in [0.4, 0.5) is 4.79 Å². The molecule has 0 bridgehead atoms. The Bertz CT molecular complexity index is 322. The quantitative estimate of drug-likeness (QED) is 0.564. The second-order valence-corrected chi connectivity index (χ2v) is 5.57. The van der Waals surface area contributed by atoms with Gasteiger partial charge in [0, 0.05) is 31.1 Å². The van der Waals surface area contributed by atoms with Crippen molar-refractivity contribution in [2.75, 3.05) is 31.1 Å². The predicted molar refractivity (Wildman–Crippen MR) is 72.8 cm³/mol. The van der Waals surface area contributed by atoms with E-state index in [1.54, 1.807) is 16.7 Å². The van der Waals surface area contributed by atoms with Crippen molar-refractivity contribution in [3.05, 3.63) is 12.7 Å². The second kappa shape index (κ2) is 7.31. The summed E-state index contributed by atoms with van der Waals surface area (Å²) >= 11 is 1.70. The maximum absolute atomic E-state index is 11.8. The molecule has 1 aliphatic heterocycles. The summed E-state index contributed by atoms with van der Waals surface area (Å²) in [6.45, 7) is 6.91. The highest BCUT2D eigenvalue weighted by Crippen LogP contribution is 2.22. The van der Waals surface area contributed by atoms with Crippen LogP contribution in [-0.2, 0) is 4.79 Å². The third-order valence-corrected chi connectivity index (χ3v) is 3.94. The lowest BCUT2D eigenvalue weighted by atomic mass is 9.99. The average Bonchev–Trinajstić information content (AvgIpc) is 2.71. The van der Waals surface area contributed by atoms with Crippen LogP contribution in [0.3, 0.4) is 0 Å². The van der Waals surface area contributed by atoms with Crippen LogP contribution in [0.1, 0.15) is 6.92 Å². The normalized spacial score (nSPS) is 22.8. The van der Waals surface area contributed by atoms with Gasteiger partial charge in [0.2, 0.25) is 0 Å². The number of hydrogen-bond acceptors (Lipinski definition) is 3. The lowest BCUT2D eigenvalue weighted by molar-refractivity contribution is -0.142. The summed E-state index contributed by atoms with van der Waals surface area (Å²) in [4.78, 5) is 24.3. The summed E-state index contributed by atoms with van der Waals surface area (Å²) < 4.78 is 0. The van der Waals surface area contributed by atoms with E-state index in [1.165, 1.54) is 0 Å². The molecule has 2 amide bonds. The van der Waals surface area contributed by atoms with Gasteiger partial charge in [-0.05, 0) is 5.92 Å². The summed E-state index contributed by atoms with van der Waals surface area (Å²) in [6, 6.07) is -0.162. The van der Waals surface area contributed by atoms with Crippen LogP contribution in [0.5, 0.6) is 0 Å². The lowest BCUT2D eigenvalue weighted by Gasteiger charge is -2.16. The Morgan fingerprint density at radius 2 is 2.28 bits per heavy atom. The van der Waals surface area contributed by atoms with Crippen molar-refractivity contribution in [2.45, 2.75) is 6.92 Å². The molecular weight excluding hydrogens is 252 g/mol. The number of aliphatic carboxylic acids is 1. The van der Waals surface area contributed by atoms with E-state index in [0.717, 1.165) is 11.5 Å². The van der Waals surface area contributed by atoms with E-state index in [1.807, 2.05) is 13.0 Å². The zero-order chi connectivity index (χ0) is 13.5. The van der Waals surface area contributed by atoms with E-state index in [9.17, 15) is 9.59 Å². The summed E-state index contributed by atoms with van der Waals surface area (Å²) in [6.07, 6.45) is 1.83. The number of rotatable bonds is 6. The molecule has 0 radical (unpaired) electrons. The molecule has 2 atom stereocenters. The predicted octanol–water partition coefficient (Wildman–Crippen LogP) is 1.27. The zero-order valence-corrected chi connectivity index (χ0v) is 11.4. The first kappa shape index (κ1) is 14.9. The highest BCUT2D eigenvalue weighted by atomic mass is 32.2. The Balaban J connectivity index is 2.27. The van der Waals surface area contributed by atoms with Gasteiger partial charge in [0.15, 0.2) is 0 Å². The molecular formula is C12H20N2O3S. The molecule has 1 aliphatic rings. The fourth-order valence-corrected chi connectivity index (χ4v) is 2.54. The van der Waals surface area contributed by atoms with Gasteiger partial charge < -0.3 is 15.3 Å². The number of amides is 2. The van der Waals surface area contributed by atoms with Crippen LogP contribution >= 0.6 is 11.8 Å². The van der Waals surface area contributed by atoms with Crippen molar-refractivity contribution in [3.8, 4) is 0 Å². The van der Waals surface area contributed by atoms with E-state index in [0.29, 0.717) is 19.6 Å². The van der Waals surface area contributed by atoms with Crippen molar-refractivity contribution in [1.82, 2.24) is 10.2 Å². The number of nitrogens with one attached hydrogen (secondary N) is 1. The largest absolute Gasteiger partial charge is 0.481 e. The van der Waals surface area contributed by atoms with Crippen molar-refractivity contribution in [1.29, 1.82) is 0 Å². The molecule has 18 heavy (non-hydrogen) atoms. The van der Waals surface area contributed by atoms with Gasteiger partial charge in [0.05, 0.1) is 5.92 Å². The van der Waals surface area contributed by atoms with Gasteiger partial charge in [-0.2, -0.15) is 11.8 Å². The molecule has 1 heterocycles. The molecule has 6 heteroatoms. The van der Waals surface area contributed by atoms with Crippen LogP contribution in [0.25, 0.3) is 0 Å². The smallest absolute Gasteiger partial charge is 0.317 e. The fourth-order valence-electron chi connectivity index (χ4n) is 1.96. The van der Waals surface area contributed by atoms with Crippen molar-refractivity contribution < 1.29 is 14.7 Å². The molecule has 1 saturated heterocycles. The molecule has 0 saturated carbocycles. The number of likely N-dealkylation sites (tertiary alicyclic amines) is 1. The molecule has 102 valence electrons. The number of urea groups is 1. The maximum atomic E-state index is 11.8. The van der Waals surface area contributed by atoms with Crippen LogP contribution in [0.15, 0.2) is 12.7 Å². The van der Waals surface area contributed by atoms with Gasteiger partial charge in [-0.15, -0.1) is 6.58 Å². The van der Waals surface area contributed by atoms with E-state index < -0.39 is 11.9 Å². The number of carbonyl (C=O) groups excluding carboxylic acids is 1. The second-order valence-electron chi connectivity index (χ2n) is 4.42. The molecule has 1 rings (SSSR count). The minimum absolute atomic E-state index is 0.0170. The number of carboxylic acid groups (broad SMARTS) is 1. The molecule has 2 N–H and O–H groups in total. The number of nitrogens with zero attached hydrogens (tertiary/aromatic N) is 1. The van der Waals surface area contributed by atoms with Crippen LogP contribution in [0.2, 0.25) is 0 Å². The maximum Gasteiger partial charge on any atom is 0.317 e. The number of thioether (sulfide) groups is 1. The Kier molecular flexibility index (Phi) is 6.04. The number of carbonyl (C=O) groups is 2. The molecule has 0 aromatic carbocycles. The van der Waals surface area contributed by atoms with Gasteiger partial charge in [-0.25, -0.2) is 4.79 Å². The Morgan fingerprint density at radius 3 is 2.83 bits per heavy atom. The van der Waals surface area contributed by atoms with Crippen molar-refractivity contribution in [3.63, 3.8) is 0 Å². The Labute approximate surface area is 112 Å². The fraction of sp³-hybridized carbons (Fsp3) is 0.667. The molecule has 5 nitrogen and oxygen atoms in total. The summed E-state index contributed by atoms with van der Waals surface area (Å²) in [7, 11) is 0. The number of carboxylic acids is 1. The summed E-state index contributed by atoms with van der Waals surface area (Å²) in [5, 5.41) is 11.8. The monoisotopic (exact) mass is 272 g/mol. The highest BCUT2D eigenvalue weighted by Gasteiger charge is 2.36. The minimum Gasteiger partial charge on any atom is -0.481 e. The standard InChI is InChI=1S/C12H20N2O3S/c1-3-5-18-6-4-13-12(17)14-7-9(2)10(8-14)11(15)16/h3,9-10H,1,4-8H2,2H3,(H,13,17)(H,15,16)/t9-,10-/m1/s1.